The Bertz CT molecular complexity index is 675. The maximum Gasteiger partial charge on any atom is 0.573 e. The molecule has 1 heterocycles. The molecule has 122 valence electrons. The lowest BCUT2D eigenvalue weighted by Crippen LogP contribution is -2.24. The van der Waals surface area contributed by atoms with Gasteiger partial charge in [-0.3, -0.25) is 4.79 Å². The number of carbonyl (C=O) groups excluding carboxylic acids is 1. The number of halogens is 3. The normalized spacial score (nSPS) is 11.0. The third kappa shape index (κ3) is 4.83. The molecule has 0 bridgehead atoms. The molecule has 0 atom stereocenters. The van der Waals surface area contributed by atoms with Crippen LogP contribution in [0.15, 0.2) is 36.7 Å². The number of nitrogens with zero attached hydrogens (tertiary/aromatic N) is 2. The lowest BCUT2D eigenvalue weighted by atomic mass is 10.2. The van der Waals surface area contributed by atoms with Crippen LogP contribution in [0.25, 0.3) is 0 Å². The van der Waals surface area contributed by atoms with Gasteiger partial charge in [0.1, 0.15) is 5.75 Å². The van der Waals surface area contributed by atoms with Crippen molar-refractivity contribution in [3.63, 3.8) is 0 Å². The Hall–Kier alpha value is -2.84. The molecule has 0 saturated heterocycles. The van der Waals surface area contributed by atoms with Crippen LogP contribution < -0.4 is 14.8 Å². The summed E-state index contributed by atoms with van der Waals surface area (Å²) in [5.41, 5.74) is 0.614. The van der Waals surface area contributed by atoms with Gasteiger partial charge in [-0.1, -0.05) is 12.1 Å². The molecule has 2 rings (SSSR count). The zero-order chi connectivity index (χ0) is 16.9. The van der Waals surface area contributed by atoms with Crippen LogP contribution in [0, 0.1) is 0 Å². The van der Waals surface area contributed by atoms with E-state index in [1.54, 1.807) is 0 Å². The van der Waals surface area contributed by atoms with Crippen molar-refractivity contribution in [2.75, 3.05) is 7.11 Å². The van der Waals surface area contributed by atoms with E-state index in [4.69, 9.17) is 4.74 Å². The molecule has 0 aliphatic carbocycles. The molecule has 1 aromatic carbocycles. The van der Waals surface area contributed by atoms with Gasteiger partial charge in [-0.2, -0.15) is 0 Å². The van der Waals surface area contributed by atoms with Crippen LogP contribution in [0.4, 0.5) is 13.2 Å². The smallest absolute Gasteiger partial charge is 0.479 e. The van der Waals surface area contributed by atoms with Crippen molar-refractivity contribution in [3.8, 4) is 11.6 Å². The second kappa shape index (κ2) is 6.95. The Morgan fingerprint density at radius 2 is 1.83 bits per heavy atom. The average molecular weight is 327 g/mol. The monoisotopic (exact) mass is 327 g/mol. The van der Waals surface area contributed by atoms with E-state index >= 15 is 0 Å². The standard InChI is InChI=1S/C14H12F3N3O3/c1-22-13-11(18-6-7-19-13)12(21)20-8-9-2-4-10(5-3-9)23-14(15,16)17/h2-7H,8H2,1H3,(H,20,21). The fourth-order valence-corrected chi connectivity index (χ4v) is 1.71. The number of aromatic nitrogens is 2. The summed E-state index contributed by atoms with van der Waals surface area (Å²) in [6.45, 7) is 0.102. The summed E-state index contributed by atoms with van der Waals surface area (Å²) < 4.78 is 44.8. The van der Waals surface area contributed by atoms with Crippen LogP contribution in [0.3, 0.4) is 0 Å². The van der Waals surface area contributed by atoms with Gasteiger partial charge in [0.2, 0.25) is 5.88 Å². The summed E-state index contributed by atoms with van der Waals surface area (Å²) in [5.74, 6) is -0.757. The minimum atomic E-state index is -4.74. The largest absolute Gasteiger partial charge is 0.573 e. The zero-order valence-electron chi connectivity index (χ0n) is 11.9. The molecular weight excluding hydrogens is 315 g/mol. The van der Waals surface area contributed by atoms with Gasteiger partial charge < -0.3 is 14.8 Å². The first kappa shape index (κ1) is 16.5. The Morgan fingerprint density at radius 1 is 1.17 bits per heavy atom. The second-order valence-corrected chi connectivity index (χ2v) is 4.29. The lowest BCUT2D eigenvalue weighted by Gasteiger charge is -2.10. The SMILES string of the molecule is COc1nccnc1C(=O)NCc1ccc(OC(F)(F)F)cc1. The number of alkyl halides is 3. The van der Waals surface area contributed by atoms with Crippen molar-refractivity contribution in [2.45, 2.75) is 12.9 Å². The quantitative estimate of drug-likeness (QED) is 0.912. The Balaban J connectivity index is 1.97. The van der Waals surface area contributed by atoms with Crippen molar-refractivity contribution in [1.29, 1.82) is 0 Å². The summed E-state index contributed by atoms with van der Waals surface area (Å²) in [5, 5.41) is 2.57. The molecular formula is C14H12F3N3O3. The molecule has 1 amide bonds. The van der Waals surface area contributed by atoms with Gasteiger partial charge >= 0.3 is 6.36 Å². The van der Waals surface area contributed by atoms with Crippen LogP contribution in [-0.2, 0) is 6.54 Å². The zero-order valence-corrected chi connectivity index (χ0v) is 11.9. The minimum absolute atomic E-state index is 0.0204. The second-order valence-electron chi connectivity index (χ2n) is 4.29. The molecule has 0 spiro atoms. The van der Waals surface area contributed by atoms with Crippen LogP contribution in [0.1, 0.15) is 16.1 Å². The third-order valence-corrected chi connectivity index (χ3v) is 2.68. The summed E-state index contributed by atoms with van der Waals surface area (Å²) in [4.78, 5) is 19.7. The number of hydrogen-bond donors (Lipinski definition) is 1. The number of methoxy groups -OCH3 is 1. The van der Waals surface area contributed by atoms with E-state index in [1.165, 1.54) is 31.6 Å². The maximum absolute atomic E-state index is 12.1. The number of nitrogens with one attached hydrogen (secondary N) is 1. The Kier molecular flexibility index (Phi) is 4.99. The van der Waals surface area contributed by atoms with Crippen molar-refractivity contribution in [2.24, 2.45) is 0 Å². The topological polar surface area (TPSA) is 73.3 Å². The highest BCUT2D eigenvalue weighted by molar-refractivity contribution is 5.94. The number of carbonyl (C=O) groups is 1. The number of amides is 1. The van der Waals surface area contributed by atoms with Crippen LogP contribution in [0.2, 0.25) is 0 Å². The van der Waals surface area contributed by atoms with Gasteiger partial charge in [-0.05, 0) is 17.7 Å². The van der Waals surface area contributed by atoms with Crippen molar-refractivity contribution in [1.82, 2.24) is 15.3 Å². The number of ether oxygens (including phenoxy) is 2. The molecule has 0 unspecified atom stereocenters. The molecule has 0 aliphatic heterocycles. The predicted octanol–water partition coefficient (Wildman–Crippen LogP) is 2.31. The first-order chi connectivity index (χ1) is 10.9. The first-order valence-electron chi connectivity index (χ1n) is 6.37. The molecule has 23 heavy (non-hydrogen) atoms. The highest BCUT2D eigenvalue weighted by atomic mass is 19.4. The number of rotatable bonds is 5. The van der Waals surface area contributed by atoms with Gasteiger partial charge in [-0.25, -0.2) is 9.97 Å². The first-order valence-corrected chi connectivity index (χ1v) is 6.37. The lowest BCUT2D eigenvalue weighted by molar-refractivity contribution is -0.274. The molecule has 1 N–H and O–H groups in total. The van der Waals surface area contributed by atoms with Gasteiger partial charge in [0.15, 0.2) is 5.69 Å². The average Bonchev–Trinajstić information content (AvgIpc) is 2.52. The molecule has 1 aromatic heterocycles. The van der Waals surface area contributed by atoms with Gasteiger partial charge in [0.05, 0.1) is 7.11 Å². The van der Waals surface area contributed by atoms with Crippen LogP contribution in [0.5, 0.6) is 11.6 Å². The molecule has 6 nitrogen and oxygen atoms in total. The van der Waals surface area contributed by atoms with Crippen molar-refractivity contribution in [3.05, 3.63) is 47.9 Å². The summed E-state index contributed by atoms with van der Waals surface area (Å²) in [7, 11) is 1.36. The van der Waals surface area contributed by atoms with E-state index in [9.17, 15) is 18.0 Å². The fourth-order valence-electron chi connectivity index (χ4n) is 1.71. The van der Waals surface area contributed by atoms with E-state index in [2.05, 4.69) is 20.0 Å². The highest BCUT2D eigenvalue weighted by Gasteiger charge is 2.30. The predicted molar refractivity (Wildman–Crippen MR) is 72.9 cm³/mol. The molecule has 0 aliphatic rings. The molecule has 0 radical (unpaired) electrons. The maximum atomic E-state index is 12.1. The minimum Gasteiger partial charge on any atom is -0.479 e. The van der Waals surface area contributed by atoms with Gasteiger partial charge in [0, 0.05) is 18.9 Å². The summed E-state index contributed by atoms with van der Waals surface area (Å²) in [6.07, 6.45) is -2.01. The van der Waals surface area contributed by atoms with E-state index < -0.39 is 12.3 Å². The highest BCUT2D eigenvalue weighted by Crippen LogP contribution is 2.22. The van der Waals surface area contributed by atoms with Crippen molar-refractivity contribution < 1.29 is 27.4 Å². The van der Waals surface area contributed by atoms with Gasteiger partial charge in [-0.15, -0.1) is 13.2 Å². The third-order valence-electron chi connectivity index (χ3n) is 2.68. The van der Waals surface area contributed by atoms with E-state index in [1.807, 2.05) is 0 Å². The fraction of sp³-hybridized carbons (Fsp3) is 0.214. The molecule has 9 heteroatoms. The van der Waals surface area contributed by atoms with E-state index in [0.29, 0.717) is 5.56 Å². The molecule has 0 fully saturated rings. The van der Waals surface area contributed by atoms with Crippen LogP contribution in [-0.4, -0.2) is 29.3 Å². The molecule has 0 saturated carbocycles. The number of hydrogen-bond acceptors (Lipinski definition) is 5. The Labute approximate surface area is 129 Å². The van der Waals surface area contributed by atoms with Crippen LogP contribution >= 0.6 is 0 Å². The summed E-state index contributed by atoms with van der Waals surface area (Å²) in [6, 6.07) is 5.15. The van der Waals surface area contributed by atoms with Crippen molar-refractivity contribution >= 4 is 5.91 Å². The molecule has 2 aromatic rings. The summed E-state index contributed by atoms with van der Waals surface area (Å²) >= 11 is 0. The van der Waals surface area contributed by atoms with E-state index in [-0.39, 0.29) is 23.9 Å². The van der Waals surface area contributed by atoms with E-state index in [0.717, 1.165) is 12.1 Å². The number of benzene rings is 1. The Morgan fingerprint density at radius 3 is 2.43 bits per heavy atom. The van der Waals surface area contributed by atoms with Gasteiger partial charge in [0.25, 0.3) is 5.91 Å².